The van der Waals surface area contributed by atoms with Gasteiger partial charge in [-0.15, -0.1) is 0 Å². The van der Waals surface area contributed by atoms with Gasteiger partial charge in [-0.3, -0.25) is 0 Å². The maximum absolute atomic E-state index is 4.77. The lowest BCUT2D eigenvalue weighted by Gasteiger charge is -2.14. The number of aromatic nitrogens is 2. The van der Waals surface area contributed by atoms with Crippen LogP contribution < -0.4 is 5.32 Å². The van der Waals surface area contributed by atoms with Gasteiger partial charge in [0, 0.05) is 12.1 Å². The van der Waals surface area contributed by atoms with Crippen LogP contribution in [0.2, 0.25) is 0 Å². The van der Waals surface area contributed by atoms with E-state index in [0.717, 1.165) is 17.9 Å². The molecule has 0 fully saturated rings. The number of fused-ring (bicyclic) bond motifs is 1. The summed E-state index contributed by atoms with van der Waals surface area (Å²) < 4.78 is 2.32. The van der Waals surface area contributed by atoms with Crippen LogP contribution in [0.25, 0.3) is 11.0 Å². The lowest BCUT2D eigenvalue weighted by molar-refractivity contribution is 0.524. The van der Waals surface area contributed by atoms with E-state index >= 15 is 0 Å². The first kappa shape index (κ1) is 13.1. The Labute approximate surface area is 109 Å². The maximum atomic E-state index is 4.77. The van der Waals surface area contributed by atoms with Gasteiger partial charge in [0.1, 0.15) is 5.82 Å². The third kappa shape index (κ3) is 2.56. The molecule has 1 N–H and O–H groups in total. The van der Waals surface area contributed by atoms with E-state index < -0.39 is 0 Å². The maximum Gasteiger partial charge on any atom is 0.124 e. The van der Waals surface area contributed by atoms with Crippen molar-refractivity contribution in [2.24, 2.45) is 0 Å². The molecule has 1 aromatic heterocycles. The zero-order chi connectivity index (χ0) is 13.3. The van der Waals surface area contributed by atoms with E-state index in [1.807, 2.05) is 0 Å². The number of rotatable bonds is 4. The van der Waals surface area contributed by atoms with Crippen LogP contribution >= 0.6 is 0 Å². The van der Waals surface area contributed by atoms with Gasteiger partial charge >= 0.3 is 0 Å². The van der Waals surface area contributed by atoms with Crippen molar-refractivity contribution in [2.75, 3.05) is 0 Å². The van der Waals surface area contributed by atoms with E-state index in [2.05, 4.69) is 62.7 Å². The van der Waals surface area contributed by atoms with E-state index in [1.54, 1.807) is 0 Å². The minimum Gasteiger partial charge on any atom is -0.324 e. The summed E-state index contributed by atoms with van der Waals surface area (Å²) >= 11 is 0. The minimum atomic E-state index is 0.432. The smallest absolute Gasteiger partial charge is 0.124 e. The van der Waals surface area contributed by atoms with Crippen LogP contribution in [-0.2, 0) is 6.54 Å². The van der Waals surface area contributed by atoms with Gasteiger partial charge < -0.3 is 9.88 Å². The molecule has 0 spiro atoms. The molecule has 2 aromatic rings. The standard InChI is InChI=1S/C15H23N3/c1-10(2)16-9-15-17-13-8-12(5)6-7-14(13)18(15)11(3)4/h6-8,10-11,16H,9H2,1-5H3. The predicted molar refractivity (Wildman–Crippen MR) is 76.8 cm³/mol. The van der Waals surface area contributed by atoms with Gasteiger partial charge in [-0.05, 0) is 38.5 Å². The van der Waals surface area contributed by atoms with Crippen molar-refractivity contribution in [3.05, 3.63) is 29.6 Å². The summed E-state index contributed by atoms with van der Waals surface area (Å²) in [5, 5.41) is 3.45. The molecule has 18 heavy (non-hydrogen) atoms. The van der Waals surface area contributed by atoms with Crippen molar-refractivity contribution in [3.63, 3.8) is 0 Å². The lowest BCUT2D eigenvalue weighted by atomic mass is 10.2. The molecule has 0 aliphatic carbocycles. The van der Waals surface area contributed by atoms with Crippen molar-refractivity contribution in [1.29, 1.82) is 0 Å². The number of nitrogens with one attached hydrogen (secondary N) is 1. The highest BCUT2D eigenvalue weighted by atomic mass is 15.1. The molecular formula is C15H23N3. The lowest BCUT2D eigenvalue weighted by Crippen LogP contribution is -2.24. The van der Waals surface area contributed by atoms with Gasteiger partial charge in [0.25, 0.3) is 0 Å². The van der Waals surface area contributed by atoms with Gasteiger partial charge in [-0.25, -0.2) is 4.98 Å². The molecule has 3 heteroatoms. The van der Waals surface area contributed by atoms with Gasteiger partial charge in [0.05, 0.1) is 17.6 Å². The van der Waals surface area contributed by atoms with E-state index in [4.69, 9.17) is 4.98 Å². The van der Waals surface area contributed by atoms with E-state index in [9.17, 15) is 0 Å². The van der Waals surface area contributed by atoms with Crippen molar-refractivity contribution in [1.82, 2.24) is 14.9 Å². The second-order valence-corrected chi connectivity index (χ2v) is 5.52. The van der Waals surface area contributed by atoms with Crippen LogP contribution in [0.3, 0.4) is 0 Å². The Bertz CT molecular complexity index is 538. The number of benzene rings is 1. The topological polar surface area (TPSA) is 29.9 Å². The molecule has 0 amide bonds. The summed E-state index contributed by atoms with van der Waals surface area (Å²) in [5.41, 5.74) is 3.60. The normalized spacial score (nSPS) is 11.9. The molecule has 0 saturated carbocycles. The molecule has 3 nitrogen and oxygen atoms in total. The van der Waals surface area contributed by atoms with Gasteiger partial charge in [-0.2, -0.15) is 0 Å². The molecule has 1 heterocycles. The second-order valence-electron chi connectivity index (χ2n) is 5.52. The summed E-state index contributed by atoms with van der Waals surface area (Å²) in [4.78, 5) is 4.77. The molecule has 0 bridgehead atoms. The zero-order valence-electron chi connectivity index (χ0n) is 12.0. The molecule has 0 unspecified atom stereocenters. The first-order chi connectivity index (χ1) is 8.49. The van der Waals surface area contributed by atoms with Crippen LogP contribution in [0, 0.1) is 6.92 Å². The van der Waals surface area contributed by atoms with Crippen molar-refractivity contribution in [2.45, 2.75) is 53.2 Å². The average Bonchev–Trinajstić information content (AvgIpc) is 2.63. The molecule has 1 aromatic carbocycles. The fraction of sp³-hybridized carbons (Fsp3) is 0.533. The number of hydrogen-bond donors (Lipinski definition) is 1. The molecule has 0 saturated heterocycles. The average molecular weight is 245 g/mol. The first-order valence-electron chi connectivity index (χ1n) is 6.70. The fourth-order valence-corrected chi connectivity index (χ4v) is 2.26. The number of aryl methyl sites for hydroxylation is 1. The van der Waals surface area contributed by atoms with Crippen LogP contribution in [0.4, 0.5) is 0 Å². The van der Waals surface area contributed by atoms with Crippen LogP contribution in [0.5, 0.6) is 0 Å². The molecule has 0 aliphatic rings. The zero-order valence-corrected chi connectivity index (χ0v) is 12.0. The van der Waals surface area contributed by atoms with Crippen molar-refractivity contribution >= 4 is 11.0 Å². The van der Waals surface area contributed by atoms with Crippen LogP contribution in [0.1, 0.15) is 45.1 Å². The molecule has 2 rings (SSSR count). The molecule has 0 atom stereocenters. The summed E-state index contributed by atoms with van der Waals surface area (Å²) in [5.74, 6) is 1.12. The van der Waals surface area contributed by atoms with E-state index in [1.165, 1.54) is 11.1 Å². The van der Waals surface area contributed by atoms with Crippen LogP contribution in [-0.4, -0.2) is 15.6 Å². The Kier molecular flexibility index (Phi) is 3.71. The Morgan fingerprint density at radius 2 is 1.94 bits per heavy atom. The predicted octanol–water partition coefficient (Wildman–Crippen LogP) is 3.42. The van der Waals surface area contributed by atoms with Gasteiger partial charge in [-0.1, -0.05) is 19.9 Å². The summed E-state index contributed by atoms with van der Waals surface area (Å²) in [7, 11) is 0. The number of nitrogens with zero attached hydrogens (tertiary/aromatic N) is 2. The molecule has 0 aliphatic heterocycles. The molecule has 0 radical (unpaired) electrons. The Morgan fingerprint density at radius 1 is 1.22 bits per heavy atom. The minimum absolute atomic E-state index is 0.432. The summed E-state index contributed by atoms with van der Waals surface area (Å²) in [6, 6.07) is 7.40. The molecule has 98 valence electrons. The monoisotopic (exact) mass is 245 g/mol. The third-order valence-electron chi connectivity index (χ3n) is 3.10. The Morgan fingerprint density at radius 3 is 2.56 bits per heavy atom. The van der Waals surface area contributed by atoms with E-state index in [-0.39, 0.29) is 0 Å². The number of hydrogen-bond acceptors (Lipinski definition) is 2. The fourth-order valence-electron chi connectivity index (χ4n) is 2.26. The first-order valence-corrected chi connectivity index (χ1v) is 6.70. The van der Waals surface area contributed by atoms with Crippen molar-refractivity contribution in [3.8, 4) is 0 Å². The quantitative estimate of drug-likeness (QED) is 0.894. The Hall–Kier alpha value is -1.35. The molecular weight excluding hydrogens is 222 g/mol. The largest absolute Gasteiger partial charge is 0.324 e. The summed E-state index contributed by atoms with van der Waals surface area (Å²) in [6.07, 6.45) is 0. The third-order valence-corrected chi connectivity index (χ3v) is 3.10. The SMILES string of the molecule is Cc1ccc2c(c1)nc(CNC(C)C)n2C(C)C. The van der Waals surface area contributed by atoms with E-state index in [0.29, 0.717) is 12.1 Å². The highest BCUT2D eigenvalue weighted by Gasteiger charge is 2.13. The second kappa shape index (κ2) is 5.11. The number of imidazole rings is 1. The highest BCUT2D eigenvalue weighted by Crippen LogP contribution is 2.22. The summed E-state index contributed by atoms with van der Waals surface area (Å²) in [6.45, 7) is 11.7. The highest BCUT2D eigenvalue weighted by molar-refractivity contribution is 5.77. The van der Waals surface area contributed by atoms with Crippen molar-refractivity contribution < 1.29 is 0 Å². The van der Waals surface area contributed by atoms with Gasteiger partial charge in [0.2, 0.25) is 0 Å². The Balaban J connectivity index is 2.47. The van der Waals surface area contributed by atoms with Gasteiger partial charge in [0.15, 0.2) is 0 Å². The van der Waals surface area contributed by atoms with Crippen LogP contribution in [0.15, 0.2) is 18.2 Å².